The van der Waals surface area contributed by atoms with Gasteiger partial charge in [-0.25, -0.2) is 9.50 Å². The largest absolute Gasteiger partial charge is 0.381 e. The maximum atomic E-state index is 5.58. The summed E-state index contributed by atoms with van der Waals surface area (Å²) in [5.74, 6) is 1.55. The fourth-order valence-electron chi connectivity index (χ4n) is 2.32. The number of nitrogens with two attached hydrogens (primary N) is 1. The van der Waals surface area contributed by atoms with Crippen molar-refractivity contribution < 1.29 is 4.74 Å². The van der Waals surface area contributed by atoms with Crippen LogP contribution in [0.3, 0.4) is 0 Å². The zero-order valence-electron chi connectivity index (χ0n) is 10.9. The van der Waals surface area contributed by atoms with Crippen LogP contribution in [0, 0.1) is 5.92 Å². The van der Waals surface area contributed by atoms with E-state index in [1.807, 2.05) is 18.3 Å². The van der Waals surface area contributed by atoms with Crippen LogP contribution in [0.25, 0.3) is 5.65 Å². The molecule has 6 nitrogen and oxygen atoms in total. The fraction of sp³-hybridized carbons (Fsp3) is 0.538. The standard InChI is InChI=1S/C13H19N5O/c14-7-11-9-18-13(16-11)2-1-12(17-18)15-8-10-3-5-19-6-4-10/h1-2,9-10H,3-8,14H2,(H,15,17). The van der Waals surface area contributed by atoms with E-state index in [1.165, 1.54) is 0 Å². The lowest BCUT2D eigenvalue weighted by molar-refractivity contribution is 0.0699. The highest BCUT2D eigenvalue weighted by atomic mass is 16.5. The minimum atomic E-state index is 0.439. The Morgan fingerprint density at radius 3 is 3.00 bits per heavy atom. The molecule has 3 N–H and O–H groups in total. The molecule has 0 atom stereocenters. The highest BCUT2D eigenvalue weighted by Gasteiger charge is 2.13. The van der Waals surface area contributed by atoms with E-state index in [0.717, 1.165) is 49.8 Å². The van der Waals surface area contributed by atoms with Crippen LogP contribution in [-0.4, -0.2) is 34.4 Å². The Balaban J connectivity index is 1.66. The van der Waals surface area contributed by atoms with Crippen LogP contribution >= 0.6 is 0 Å². The second kappa shape index (κ2) is 5.54. The molecule has 3 rings (SSSR count). The average Bonchev–Trinajstić information content (AvgIpc) is 2.88. The van der Waals surface area contributed by atoms with E-state index in [-0.39, 0.29) is 0 Å². The minimum Gasteiger partial charge on any atom is -0.381 e. The van der Waals surface area contributed by atoms with Gasteiger partial charge in [-0.3, -0.25) is 0 Å². The number of ether oxygens (including phenoxy) is 1. The molecular weight excluding hydrogens is 242 g/mol. The number of imidazole rings is 1. The normalized spacial score (nSPS) is 16.9. The van der Waals surface area contributed by atoms with Gasteiger partial charge in [-0.2, -0.15) is 0 Å². The van der Waals surface area contributed by atoms with Gasteiger partial charge < -0.3 is 15.8 Å². The molecule has 0 spiro atoms. The summed E-state index contributed by atoms with van der Waals surface area (Å²) in [6, 6.07) is 3.92. The van der Waals surface area contributed by atoms with Gasteiger partial charge in [0.25, 0.3) is 0 Å². The fourth-order valence-corrected chi connectivity index (χ4v) is 2.32. The first kappa shape index (κ1) is 12.4. The third-order valence-corrected chi connectivity index (χ3v) is 3.49. The number of fused-ring (bicyclic) bond motifs is 1. The van der Waals surface area contributed by atoms with Crippen molar-refractivity contribution in [2.45, 2.75) is 19.4 Å². The zero-order chi connectivity index (χ0) is 13.1. The van der Waals surface area contributed by atoms with E-state index in [2.05, 4.69) is 15.4 Å². The molecular formula is C13H19N5O. The lowest BCUT2D eigenvalue weighted by Crippen LogP contribution is -2.23. The molecule has 1 aliphatic rings. The third kappa shape index (κ3) is 2.85. The molecule has 0 radical (unpaired) electrons. The number of nitrogens with one attached hydrogen (secondary N) is 1. The van der Waals surface area contributed by atoms with E-state index in [0.29, 0.717) is 12.5 Å². The average molecular weight is 261 g/mol. The summed E-state index contributed by atoms with van der Waals surface area (Å²) in [5.41, 5.74) is 7.26. The SMILES string of the molecule is NCc1cn2nc(NCC3CCOCC3)ccc2n1. The molecule has 0 aromatic carbocycles. The van der Waals surface area contributed by atoms with E-state index >= 15 is 0 Å². The Bertz CT molecular complexity index is 547. The number of nitrogens with zero attached hydrogens (tertiary/aromatic N) is 3. The van der Waals surface area contributed by atoms with Crippen molar-refractivity contribution in [3.05, 3.63) is 24.0 Å². The van der Waals surface area contributed by atoms with Crippen LogP contribution in [0.2, 0.25) is 0 Å². The summed E-state index contributed by atoms with van der Waals surface area (Å²) < 4.78 is 7.13. The maximum Gasteiger partial charge on any atom is 0.153 e. The summed E-state index contributed by atoms with van der Waals surface area (Å²) in [5, 5.41) is 7.87. The summed E-state index contributed by atoms with van der Waals surface area (Å²) >= 11 is 0. The van der Waals surface area contributed by atoms with Gasteiger partial charge in [-0.15, -0.1) is 5.10 Å². The predicted octanol–water partition coefficient (Wildman–Crippen LogP) is 1.03. The first-order valence-electron chi connectivity index (χ1n) is 6.72. The van der Waals surface area contributed by atoms with Gasteiger partial charge in [0.1, 0.15) is 5.82 Å². The number of aromatic nitrogens is 3. The van der Waals surface area contributed by atoms with Crippen LogP contribution in [-0.2, 0) is 11.3 Å². The molecule has 19 heavy (non-hydrogen) atoms. The minimum absolute atomic E-state index is 0.439. The summed E-state index contributed by atoms with van der Waals surface area (Å²) in [7, 11) is 0. The molecule has 6 heteroatoms. The first-order valence-corrected chi connectivity index (χ1v) is 6.72. The van der Waals surface area contributed by atoms with Crippen LogP contribution in [0.4, 0.5) is 5.82 Å². The molecule has 1 saturated heterocycles. The molecule has 2 aromatic rings. The quantitative estimate of drug-likeness (QED) is 0.859. The molecule has 0 saturated carbocycles. The molecule has 102 valence electrons. The van der Waals surface area contributed by atoms with Gasteiger partial charge in [-0.05, 0) is 30.9 Å². The molecule has 2 aromatic heterocycles. The molecule has 0 bridgehead atoms. The number of hydrogen-bond donors (Lipinski definition) is 2. The topological polar surface area (TPSA) is 77.5 Å². The Hall–Kier alpha value is -1.66. The second-order valence-corrected chi connectivity index (χ2v) is 4.89. The van der Waals surface area contributed by atoms with E-state index in [9.17, 15) is 0 Å². The van der Waals surface area contributed by atoms with Crippen molar-refractivity contribution >= 4 is 11.5 Å². The smallest absolute Gasteiger partial charge is 0.153 e. The van der Waals surface area contributed by atoms with Gasteiger partial charge in [0.15, 0.2) is 5.65 Å². The molecule has 1 aliphatic heterocycles. The van der Waals surface area contributed by atoms with Crippen molar-refractivity contribution in [3.63, 3.8) is 0 Å². The predicted molar refractivity (Wildman–Crippen MR) is 72.9 cm³/mol. The van der Waals surface area contributed by atoms with E-state index in [1.54, 1.807) is 4.52 Å². The highest BCUT2D eigenvalue weighted by molar-refractivity contribution is 5.45. The van der Waals surface area contributed by atoms with Crippen molar-refractivity contribution in [1.29, 1.82) is 0 Å². The summed E-state index contributed by atoms with van der Waals surface area (Å²) in [4.78, 5) is 4.35. The lowest BCUT2D eigenvalue weighted by Gasteiger charge is -2.22. The van der Waals surface area contributed by atoms with Crippen molar-refractivity contribution in [2.24, 2.45) is 11.7 Å². The first-order chi connectivity index (χ1) is 9.35. The van der Waals surface area contributed by atoms with Crippen molar-refractivity contribution in [1.82, 2.24) is 14.6 Å². The van der Waals surface area contributed by atoms with Gasteiger partial charge in [0.05, 0.1) is 11.9 Å². The molecule has 0 unspecified atom stereocenters. The molecule has 0 aliphatic carbocycles. The lowest BCUT2D eigenvalue weighted by atomic mass is 10.0. The Kier molecular flexibility index (Phi) is 3.61. The van der Waals surface area contributed by atoms with Gasteiger partial charge >= 0.3 is 0 Å². The van der Waals surface area contributed by atoms with Crippen molar-refractivity contribution in [2.75, 3.05) is 25.1 Å². The van der Waals surface area contributed by atoms with Gasteiger partial charge in [0.2, 0.25) is 0 Å². The summed E-state index contributed by atoms with van der Waals surface area (Å²) in [6.45, 7) is 3.13. The Morgan fingerprint density at radius 2 is 2.21 bits per heavy atom. The van der Waals surface area contributed by atoms with Gasteiger partial charge in [0, 0.05) is 26.3 Å². The number of rotatable bonds is 4. The van der Waals surface area contributed by atoms with Crippen LogP contribution in [0.1, 0.15) is 18.5 Å². The summed E-state index contributed by atoms with van der Waals surface area (Å²) in [6.07, 6.45) is 4.12. The van der Waals surface area contributed by atoms with E-state index in [4.69, 9.17) is 10.5 Å². The maximum absolute atomic E-state index is 5.58. The van der Waals surface area contributed by atoms with Crippen molar-refractivity contribution in [3.8, 4) is 0 Å². The van der Waals surface area contributed by atoms with Gasteiger partial charge in [-0.1, -0.05) is 0 Å². The Morgan fingerprint density at radius 1 is 1.37 bits per heavy atom. The Labute approximate surface area is 112 Å². The highest BCUT2D eigenvalue weighted by Crippen LogP contribution is 2.15. The number of hydrogen-bond acceptors (Lipinski definition) is 5. The van der Waals surface area contributed by atoms with Crippen LogP contribution < -0.4 is 11.1 Å². The molecule has 0 amide bonds. The monoisotopic (exact) mass is 261 g/mol. The number of anilines is 1. The van der Waals surface area contributed by atoms with E-state index < -0.39 is 0 Å². The third-order valence-electron chi connectivity index (χ3n) is 3.49. The zero-order valence-corrected chi connectivity index (χ0v) is 10.9. The molecule has 1 fully saturated rings. The van der Waals surface area contributed by atoms with Crippen LogP contribution in [0.15, 0.2) is 18.3 Å². The van der Waals surface area contributed by atoms with Crippen LogP contribution in [0.5, 0.6) is 0 Å². The second-order valence-electron chi connectivity index (χ2n) is 4.89. The molecule has 3 heterocycles.